The summed E-state index contributed by atoms with van der Waals surface area (Å²) in [5.74, 6) is 0.994. The number of carbonyl (C=O) groups excluding carboxylic acids is 1. The molecule has 0 spiro atoms. The van der Waals surface area contributed by atoms with E-state index in [1.807, 2.05) is 60.5 Å². The van der Waals surface area contributed by atoms with Gasteiger partial charge in [-0.25, -0.2) is 0 Å². The Morgan fingerprint density at radius 3 is 2.46 bits per heavy atom. The fourth-order valence-electron chi connectivity index (χ4n) is 3.38. The van der Waals surface area contributed by atoms with Crippen LogP contribution in [-0.2, 0) is 16.8 Å². The first kappa shape index (κ1) is 16.8. The molecule has 2 aromatic carbocycles. The molecule has 1 amide bonds. The molecule has 0 aliphatic heterocycles. The first-order valence-electron chi connectivity index (χ1n) is 8.20. The number of hydrogen-bond donors (Lipinski definition) is 0. The molecule has 3 rings (SSSR count). The molecule has 0 saturated heterocycles. The molecule has 0 N–H and O–H groups in total. The van der Waals surface area contributed by atoms with Crippen LogP contribution in [0.25, 0.3) is 0 Å². The third-order valence-corrected chi connectivity index (χ3v) is 5.15. The van der Waals surface area contributed by atoms with Crippen LogP contribution < -0.4 is 4.74 Å². The van der Waals surface area contributed by atoms with Crippen molar-refractivity contribution in [1.29, 1.82) is 0 Å². The number of methoxy groups -OCH3 is 1. The smallest absolute Gasteiger partial charge is 0.233 e. The highest BCUT2D eigenvalue weighted by atomic mass is 35.5. The number of ether oxygens (including phenoxy) is 1. The zero-order valence-electron chi connectivity index (χ0n) is 14.1. The average molecular weight is 344 g/mol. The van der Waals surface area contributed by atoms with E-state index in [0.717, 1.165) is 36.1 Å². The van der Waals surface area contributed by atoms with E-state index in [1.165, 1.54) is 0 Å². The Morgan fingerprint density at radius 2 is 1.92 bits per heavy atom. The molecular formula is C20H22ClNO2. The summed E-state index contributed by atoms with van der Waals surface area (Å²) in [4.78, 5) is 15.0. The number of likely N-dealkylation sites (N-methyl/N-ethyl adjacent to an activating group) is 1. The van der Waals surface area contributed by atoms with Crippen molar-refractivity contribution in [3.05, 3.63) is 64.7 Å². The van der Waals surface area contributed by atoms with Crippen molar-refractivity contribution < 1.29 is 9.53 Å². The third-order valence-electron chi connectivity index (χ3n) is 4.92. The van der Waals surface area contributed by atoms with E-state index in [1.54, 1.807) is 7.11 Å². The van der Waals surface area contributed by atoms with E-state index in [-0.39, 0.29) is 5.91 Å². The molecule has 126 valence electrons. The van der Waals surface area contributed by atoms with Crippen LogP contribution in [0, 0.1) is 0 Å². The molecule has 1 aliphatic carbocycles. The van der Waals surface area contributed by atoms with Gasteiger partial charge < -0.3 is 9.64 Å². The topological polar surface area (TPSA) is 29.5 Å². The van der Waals surface area contributed by atoms with E-state index in [0.29, 0.717) is 11.6 Å². The van der Waals surface area contributed by atoms with Gasteiger partial charge in [0.25, 0.3) is 0 Å². The fraction of sp³-hybridized carbons (Fsp3) is 0.350. The number of benzene rings is 2. The maximum Gasteiger partial charge on any atom is 0.233 e. The molecule has 24 heavy (non-hydrogen) atoms. The molecule has 1 aliphatic rings. The van der Waals surface area contributed by atoms with Gasteiger partial charge in [0.1, 0.15) is 5.75 Å². The molecule has 0 unspecified atom stereocenters. The molecule has 1 saturated carbocycles. The Labute approximate surface area is 148 Å². The minimum absolute atomic E-state index is 0.173. The Bertz CT molecular complexity index is 723. The fourth-order valence-corrected chi connectivity index (χ4v) is 3.57. The second kappa shape index (κ2) is 6.86. The van der Waals surface area contributed by atoms with Crippen LogP contribution in [0.1, 0.15) is 30.4 Å². The van der Waals surface area contributed by atoms with Crippen molar-refractivity contribution in [2.24, 2.45) is 0 Å². The molecule has 0 radical (unpaired) electrons. The lowest BCUT2D eigenvalue weighted by molar-refractivity contribution is -0.140. The van der Waals surface area contributed by atoms with Crippen LogP contribution in [0.4, 0.5) is 0 Å². The predicted octanol–water partition coefficient (Wildman–Crippen LogP) is 4.43. The normalized spacial score (nSPS) is 15.5. The van der Waals surface area contributed by atoms with Crippen LogP contribution in [0.2, 0.25) is 5.02 Å². The van der Waals surface area contributed by atoms with Crippen LogP contribution in [-0.4, -0.2) is 25.0 Å². The van der Waals surface area contributed by atoms with Gasteiger partial charge in [0.05, 0.1) is 12.5 Å². The van der Waals surface area contributed by atoms with Crippen LogP contribution in [0.5, 0.6) is 5.75 Å². The molecule has 0 heterocycles. The predicted molar refractivity (Wildman–Crippen MR) is 96.4 cm³/mol. The Balaban J connectivity index is 1.78. The highest BCUT2D eigenvalue weighted by Gasteiger charge is 2.47. The van der Waals surface area contributed by atoms with Gasteiger partial charge in [0.15, 0.2) is 0 Å². The number of rotatable bonds is 5. The van der Waals surface area contributed by atoms with E-state index in [2.05, 4.69) is 0 Å². The Morgan fingerprint density at radius 1 is 1.21 bits per heavy atom. The summed E-state index contributed by atoms with van der Waals surface area (Å²) < 4.78 is 5.18. The van der Waals surface area contributed by atoms with Crippen LogP contribution >= 0.6 is 11.6 Å². The van der Waals surface area contributed by atoms with Gasteiger partial charge >= 0.3 is 0 Å². The molecule has 0 bridgehead atoms. The van der Waals surface area contributed by atoms with Crippen molar-refractivity contribution in [3.63, 3.8) is 0 Å². The number of carbonyl (C=O) groups is 1. The van der Waals surface area contributed by atoms with Crippen molar-refractivity contribution in [3.8, 4) is 5.75 Å². The number of halogens is 1. The minimum Gasteiger partial charge on any atom is -0.497 e. The summed E-state index contributed by atoms with van der Waals surface area (Å²) in [6, 6.07) is 15.6. The van der Waals surface area contributed by atoms with Crippen molar-refractivity contribution in [2.75, 3.05) is 14.2 Å². The lowest BCUT2D eigenvalue weighted by Gasteiger charge is -2.43. The summed E-state index contributed by atoms with van der Waals surface area (Å²) in [6.07, 6.45) is 2.85. The van der Waals surface area contributed by atoms with E-state index in [4.69, 9.17) is 16.3 Å². The highest BCUT2D eigenvalue weighted by molar-refractivity contribution is 6.30. The van der Waals surface area contributed by atoms with Gasteiger partial charge in [0.2, 0.25) is 5.91 Å². The highest BCUT2D eigenvalue weighted by Crippen LogP contribution is 2.45. The van der Waals surface area contributed by atoms with Crippen molar-refractivity contribution in [1.82, 2.24) is 4.90 Å². The molecule has 0 aromatic heterocycles. The number of nitrogens with zero attached hydrogens (tertiary/aromatic N) is 1. The third kappa shape index (κ3) is 3.13. The lowest BCUT2D eigenvalue weighted by atomic mass is 9.63. The summed E-state index contributed by atoms with van der Waals surface area (Å²) >= 11 is 6.14. The number of hydrogen-bond acceptors (Lipinski definition) is 2. The van der Waals surface area contributed by atoms with E-state index < -0.39 is 5.41 Å². The van der Waals surface area contributed by atoms with Gasteiger partial charge in [0, 0.05) is 18.6 Å². The summed E-state index contributed by atoms with van der Waals surface area (Å²) in [5, 5.41) is 0.685. The van der Waals surface area contributed by atoms with Gasteiger partial charge in [-0.1, -0.05) is 42.3 Å². The van der Waals surface area contributed by atoms with Gasteiger partial charge in [-0.05, 0) is 48.2 Å². The van der Waals surface area contributed by atoms with Crippen LogP contribution in [0.15, 0.2) is 48.5 Å². The van der Waals surface area contributed by atoms with Crippen molar-refractivity contribution >= 4 is 17.5 Å². The van der Waals surface area contributed by atoms with Gasteiger partial charge in [-0.2, -0.15) is 0 Å². The Kier molecular flexibility index (Phi) is 4.81. The van der Waals surface area contributed by atoms with E-state index >= 15 is 0 Å². The van der Waals surface area contributed by atoms with Crippen molar-refractivity contribution in [2.45, 2.75) is 31.2 Å². The summed E-state index contributed by atoms with van der Waals surface area (Å²) in [6.45, 7) is 0.588. The van der Waals surface area contributed by atoms with E-state index in [9.17, 15) is 4.79 Å². The molecule has 2 aromatic rings. The second-order valence-electron chi connectivity index (χ2n) is 6.46. The molecule has 1 fully saturated rings. The standard InChI is InChI=1S/C20H22ClNO2/c1-22(14-15-7-9-18(24-2)10-8-15)19(23)20(11-4-12-20)16-5-3-6-17(21)13-16/h3,5-10,13H,4,11-12,14H2,1-2H3. The monoisotopic (exact) mass is 343 g/mol. The summed E-state index contributed by atoms with van der Waals surface area (Å²) in [5.41, 5.74) is 1.71. The summed E-state index contributed by atoms with van der Waals surface area (Å²) in [7, 11) is 3.52. The second-order valence-corrected chi connectivity index (χ2v) is 6.89. The maximum atomic E-state index is 13.1. The SMILES string of the molecule is COc1ccc(CN(C)C(=O)C2(c3cccc(Cl)c3)CCC2)cc1. The van der Waals surface area contributed by atoms with Gasteiger partial charge in [-0.3, -0.25) is 4.79 Å². The molecule has 0 atom stereocenters. The maximum absolute atomic E-state index is 13.1. The number of amides is 1. The van der Waals surface area contributed by atoms with Crippen LogP contribution in [0.3, 0.4) is 0 Å². The molecule has 4 heteroatoms. The lowest BCUT2D eigenvalue weighted by Crippen LogP contribution is -2.49. The average Bonchev–Trinajstić information content (AvgIpc) is 2.54. The Hall–Kier alpha value is -2.00. The zero-order valence-corrected chi connectivity index (χ0v) is 14.8. The molecular weight excluding hydrogens is 322 g/mol. The zero-order chi connectivity index (χ0) is 17.2. The first-order valence-corrected chi connectivity index (χ1v) is 8.57. The largest absolute Gasteiger partial charge is 0.497 e. The minimum atomic E-state index is -0.411. The quantitative estimate of drug-likeness (QED) is 0.803. The van der Waals surface area contributed by atoms with Gasteiger partial charge in [-0.15, -0.1) is 0 Å². The first-order chi connectivity index (χ1) is 11.5. The molecule has 3 nitrogen and oxygen atoms in total.